The lowest BCUT2D eigenvalue weighted by Gasteiger charge is -2.05. The topological polar surface area (TPSA) is 94.9 Å². The summed E-state index contributed by atoms with van der Waals surface area (Å²) in [5, 5.41) is 7.42. The number of carbonyl (C=O) groups excluding carboxylic acids is 1. The molecule has 3 N–H and O–H groups in total. The van der Waals surface area contributed by atoms with Crippen molar-refractivity contribution in [2.75, 3.05) is 5.32 Å². The Balaban J connectivity index is 2.02. The van der Waals surface area contributed by atoms with Crippen LogP contribution in [-0.2, 0) is 20.6 Å². The number of nitrogens with two attached hydrogens (primary N) is 1. The first kappa shape index (κ1) is 15.9. The molecule has 0 aliphatic carbocycles. The fraction of sp³-hybridized carbons (Fsp3) is 0.235. The lowest BCUT2D eigenvalue weighted by molar-refractivity contribution is 0.102. The van der Waals surface area contributed by atoms with Crippen LogP contribution in [0.1, 0.15) is 21.6 Å². The number of anilines is 1. The van der Waals surface area contributed by atoms with Gasteiger partial charge in [-0.3, -0.25) is 14.3 Å². The van der Waals surface area contributed by atoms with Gasteiger partial charge >= 0.3 is 0 Å². The number of pyridine rings is 1. The van der Waals surface area contributed by atoms with Crippen LogP contribution in [0, 0.1) is 6.92 Å². The maximum Gasteiger partial charge on any atom is 0.263 e. The predicted octanol–water partition coefficient (Wildman–Crippen LogP) is 1.29. The molecule has 1 aromatic carbocycles. The SMILES string of the molecule is Cc1cc2c(c(NC(=O)c3ccc(CN)cc3)nn2C)c(=O)n1C. The zero-order chi connectivity index (χ0) is 17.4. The van der Waals surface area contributed by atoms with Gasteiger partial charge < -0.3 is 15.6 Å². The van der Waals surface area contributed by atoms with Gasteiger partial charge in [0.15, 0.2) is 5.82 Å². The molecule has 124 valence electrons. The molecule has 0 atom stereocenters. The number of amides is 1. The lowest BCUT2D eigenvalue weighted by Crippen LogP contribution is -2.20. The quantitative estimate of drug-likeness (QED) is 0.758. The first-order valence-electron chi connectivity index (χ1n) is 7.56. The van der Waals surface area contributed by atoms with Gasteiger partial charge in [0.05, 0.1) is 5.52 Å². The van der Waals surface area contributed by atoms with Crippen molar-refractivity contribution in [1.29, 1.82) is 0 Å². The van der Waals surface area contributed by atoms with Gasteiger partial charge in [0, 0.05) is 31.9 Å². The molecular weight excluding hydrogens is 306 g/mol. The van der Waals surface area contributed by atoms with Gasteiger partial charge in [0.2, 0.25) is 0 Å². The molecular formula is C17H19N5O2. The Morgan fingerprint density at radius 2 is 1.92 bits per heavy atom. The van der Waals surface area contributed by atoms with E-state index < -0.39 is 0 Å². The normalized spacial score (nSPS) is 11.0. The molecule has 0 bridgehead atoms. The summed E-state index contributed by atoms with van der Waals surface area (Å²) in [7, 11) is 3.44. The van der Waals surface area contributed by atoms with Crippen molar-refractivity contribution < 1.29 is 4.79 Å². The van der Waals surface area contributed by atoms with Gasteiger partial charge in [-0.1, -0.05) is 12.1 Å². The van der Waals surface area contributed by atoms with E-state index in [0.29, 0.717) is 23.0 Å². The van der Waals surface area contributed by atoms with E-state index in [0.717, 1.165) is 11.3 Å². The smallest absolute Gasteiger partial charge is 0.263 e. The van der Waals surface area contributed by atoms with Crippen LogP contribution >= 0.6 is 0 Å². The Hall–Kier alpha value is -2.93. The molecule has 0 saturated heterocycles. The van der Waals surface area contributed by atoms with Crippen molar-refractivity contribution in [3.8, 4) is 0 Å². The third-order valence-electron chi connectivity index (χ3n) is 4.17. The lowest BCUT2D eigenvalue weighted by atomic mass is 10.1. The number of fused-ring (bicyclic) bond motifs is 1. The molecule has 7 nitrogen and oxygen atoms in total. The van der Waals surface area contributed by atoms with Crippen molar-refractivity contribution >= 4 is 22.6 Å². The average Bonchev–Trinajstić information content (AvgIpc) is 2.88. The molecule has 0 aliphatic heterocycles. The fourth-order valence-corrected chi connectivity index (χ4v) is 2.60. The Kier molecular flexibility index (Phi) is 3.94. The van der Waals surface area contributed by atoms with E-state index in [2.05, 4.69) is 10.4 Å². The number of rotatable bonds is 3. The highest BCUT2D eigenvalue weighted by Gasteiger charge is 2.17. The van der Waals surface area contributed by atoms with Gasteiger partial charge in [-0.15, -0.1) is 0 Å². The molecule has 2 heterocycles. The summed E-state index contributed by atoms with van der Waals surface area (Å²) in [5.41, 5.74) is 8.30. The number of hydrogen-bond donors (Lipinski definition) is 2. The molecule has 1 amide bonds. The van der Waals surface area contributed by atoms with Crippen molar-refractivity contribution in [1.82, 2.24) is 14.3 Å². The third kappa shape index (κ3) is 2.59. The summed E-state index contributed by atoms with van der Waals surface area (Å²) in [4.78, 5) is 25.0. The second-order valence-corrected chi connectivity index (χ2v) is 5.74. The summed E-state index contributed by atoms with van der Waals surface area (Å²) in [6.45, 7) is 2.27. The number of hydrogen-bond acceptors (Lipinski definition) is 4. The van der Waals surface area contributed by atoms with Gasteiger partial charge in [0.25, 0.3) is 11.5 Å². The van der Waals surface area contributed by atoms with Gasteiger partial charge in [0.1, 0.15) is 5.39 Å². The van der Waals surface area contributed by atoms with Gasteiger partial charge in [-0.2, -0.15) is 5.10 Å². The zero-order valence-electron chi connectivity index (χ0n) is 13.8. The molecule has 0 aliphatic rings. The summed E-state index contributed by atoms with van der Waals surface area (Å²) >= 11 is 0. The number of nitrogens with one attached hydrogen (secondary N) is 1. The highest BCUT2D eigenvalue weighted by Crippen LogP contribution is 2.20. The highest BCUT2D eigenvalue weighted by atomic mass is 16.2. The Morgan fingerprint density at radius 3 is 2.54 bits per heavy atom. The van der Waals surface area contributed by atoms with Crippen molar-refractivity contribution in [3.05, 3.63) is 57.5 Å². The Morgan fingerprint density at radius 1 is 1.25 bits per heavy atom. The van der Waals surface area contributed by atoms with Crippen molar-refractivity contribution in [3.63, 3.8) is 0 Å². The van der Waals surface area contributed by atoms with Crippen molar-refractivity contribution in [2.24, 2.45) is 19.8 Å². The minimum atomic E-state index is -0.318. The van der Waals surface area contributed by atoms with E-state index in [1.54, 1.807) is 43.0 Å². The first-order chi connectivity index (χ1) is 11.4. The molecule has 0 saturated carbocycles. The summed E-state index contributed by atoms with van der Waals surface area (Å²) in [6.07, 6.45) is 0. The van der Waals surface area contributed by atoms with Crippen LogP contribution in [0.5, 0.6) is 0 Å². The monoisotopic (exact) mass is 325 g/mol. The molecule has 2 aromatic heterocycles. The molecule has 0 radical (unpaired) electrons. The molecule has 0 fully saturated rings. The van der Waals surface area contributed by atoms with Crippen LogP contribution in [0.25, 0.3) is 10.9 Å². The zero-order valence-corrected chi connectivity index (χ0v) is 13.8. The van der Waals surface area contributed by atoms with E-state index in [-0.39, 0.29) is 17.3 Å². The molecule has 3 aromatic rings. The summed E-state index contributed by atoms with van der Waals surface area (Å²) in [6, 6.07) is 8.87. The minimum Gasteiger partial charge on any atom is -0.326 e. The van der Waals surface area contributed by atoms with E-state index in [9.17, 15) is 9.59 Å². The van der Waals surface area contributed by atoms with Gasteiger partial charge in [-0.05, 0) is 30.7 Å². The van der Waals surface area contributed by atoms with E-state index in [1.165, 1.54) is 4.57 Å². The van der Waals surface area contributed by atoms with Crippen molar-refractivity contribution in [2.45, 2.75) is 13.5 Å². The van der Waals surface area contributed by atoms with Gasteiger partial charge in [-0.25, -0.2) is 0 Å². The summed E-state index contributed by atoms with van der Waals surface area (Å²) in [5.74, 6) is -0.0535. The molecule has 3 rings (SSSR count). The number of benzene rings is 1. The number of nitrogens with zero attached hydrogens (tertiary/aromatic N) is 3. The van der Waals surface area contributed by atoms with E-state index in [4.69, 9.17) is 5.73 Å². The minimum absolute atomic E-state index is 0.188. The molecule has 0 spiro atoms. The summed E-state index contributed by atoms with van der Waals surface area (Å²) < 4.78 is 3.13. The maximum atomic E-state index is 12.5. The van der Waals surface area contributed by atoms with Crippen LogP contribution in [-0.4, -0.2) is 20.3 Å². The highest BCUT2D eigenvalue weighted by molar-refractivity contribution is 6.07. The first-order valence-corrected chi connectivity index (χ1v) is 7.56. The standard InChI is InChI=1S/C17H19N5O2/c1-10-8-13-14(17(24)21(10)2)15(20-22(13)3)19-16(23)12-6-4-11(9-18)5-7-12/h4-8H,9,18H2,1-3H3,(H,19,20,23). The van der Waals surface area contributed by atoms with E-state index >= 15 is 0 Å². The van der Waals surface area contributed by atoms with Crippen LogP contribution < -0.4 is 16.6 Å². The largest absolute Gasteiger partial charge is 0.326 e. The van der Waals surface area contributed by atoms with E-state index in [1.807, 2.05) is 13.0 Å². The fourth-order valence-electron chi connectivity index (χ4n) is 2.60. The third-order valence-corrected chi connectivity index (χ3v) is 4.17. The van der Waals surface area contributed by atoms with Crippen LogP contribution in [0.4, 0.5) is 5.82 Å². The number of carbonyl (C=O) groups is 1. The maximum absolute atomic E-state index is 12.5. The second-order valence-electron chi connectivity index (χ2n) is 5.74. The Labute approximate surface area is 138 Å². The van der Waals surface area contributed by atoms with Crippen LogP contribution in [0.3, 0.4) is 0 Å². The number of aryl methyl sites for hydroxylation is 2. The molecule has 7 heteroatoms. The second kappa shape index (κ2) is 5.93. The number of aromatic nitrogens is 3. The van der Waals surface area contributed by atoms with Crippen LogP contribution in [0.2, 0.25) is 0 Å². The average molecular weight is 325 g/mol. The molecule has 24 heavy (non-hydrogen) atoms. The Bertz CT molecular complexity index is 983. The predicted molar refractivity (Wildman–Crippen MR) is 93.0 cm³/mol. The molecule has 0 unspecified atom stereocenters. The van der Waals surface area contributed by atoms with Crippen LogP contribution in [0.15, 0.2) is 35.1 Å².